The Balaban J connectivity index is 2.09. The van der Waals surface area contributed by atoms with Crippen LogP contribution < -0.4 is 5.32 Å². The van der Waals surface area contributed by atoms with Gasteiger partial charge in [-0.25, -0.2) is 4.39 Å². The summed E-state index contributed by atoms with van der Waals surface area (Å²) in [6.07, 6.45) is 6.44. The van der Waals surface area contributed by atoms with Crippen LogP contribution in [0.15, 0.2) is 18.2 Å². The molecular weight excluding hydrogens is 225 g/mol. The molecule has 0 spiro atoms. The molecule has 0 heterocycles. The SMILES string of the molecule is CNCC(Cc1cc(F)ccc1C)C1CCCC1. The van der Waals surface area contributed by atoms with Crippen molar-refractivity contribution in [1.82, 2.24) is 5.32 Å². The molecule has 1 atom stereocenters. The van der Waals surface area contributed by atoms with E-state index in [1.807, 2.05) is 13.1 Å². The summed E-state index contributed by atoms with van der Waals surface area (Å²) in [6, 6.07) is 5.17. The second-order valence-corrected chi connectivity index (χ2v) is 5.64. The summed E-state index contributed by atoms with van der Waals surface area (Å²) < 4.78 is 13.3. The Morgan fingerprint density at radius 2 is 2.06 bits per heavy atom. The normalized spacial score (nSPS) is 18.2. The van der Waals surface area contributed by atoms with Gasteiger partial charge in [-0.1, -0.05) is 31.7 Å². The van der Waals surface area contributed by atoms with Crippen molar-refractivity contribution in [2.24, 2.45) is 11.8 Å². The third-order valence-corrected chi connectivity index (χ3v) is 4.33. The second kappa shape index (κ2) is 6.33. The van der Waals surface area contributed by atoms with Gasteiger partial charge in [-0.15, -0.1) is 0 Å². The van der Waals surface area contributed by atoms with Crippen molar-refractivity contribution in [3.63, 3.8) is 0 Å². The van der Waals surface area contributed by atoms with Crippen LogP contribution in [-0.2, 0) is 6.42 Å². The molecule has 18 heavy (non-hydrogen) atoms. The largest absolute Gasteiger partial charge is 0.319 e. The lowest BCUT2D eigenvalue weighted by atomic mass is 9.84. The van der Waals surface area contributed by atoms with Crippen molar-refractivity contribution < 1.29 is 4.39 Å². The number of hydrogen-bond acceptors (Lipinski definition) is 1. The van der Waals surface area contributed by atoms with E-state index >= 15 is 0 Å². The highest BCUT2D eigenvalue weighted by molar-refractivity contribution is 5.27. The maximum Gasteiger partial charge on any atom is 0.123 e. The number of rotatable bonds is 5. The van der Waals surface area contributed by atoms with Gasteiger partial charge < -0.3 is 5.32 Å². The Morgan fingerprint density at radius 3 is 2.72 bits per heavy atom. The van der Waals surface area contributed by atoms with Crippen LogP contribution in [0.5, 0.6) is 0 Å². The van der Waals surface area contributed by atoms with Crippen molar-refractivity contribution in [1.29, 1.82) is 0 Å². The number of halogens is 1. The maximum atomic E-state index is 13.3. The highest BCUT2D eigenvalue weighted by atomic mass is 19.1. The zero-order valence-corrected chi connectivity index (χ0v) is 11.5. The molecule has 1 saturated carbocycles. The molecule has 1 aliphatic rings. The summed E-state index contributed by atoms with van der Waals surface area (Å²) in [6.45, 7) is 3.13. The highest BCUT2D eigenvalue weighted by Gasteiger charge is 2.25. The lowest BCUT2D eigenvalue weighted by Crippen LogP contribution is -2.26. The minimum Gasteiger partial charge on any atom is -0.319 e. The van der Waals surface area contributed by atoms with Gasteiger partial charge in [0, 0.05) is 0 Å². The Bertz CT molecular complexity index is 383. The molecule has 1 aliphatic carbocycles. The summed E-state index contributed by atoms with van der Waals surface area (Å²) in [5.74, 6) is 1.36. The van der Waals surface area contributed by atoms with Crippen molar-refractivity contribution in [3.8, 4) is 0 Å². The predicted octanol–water partition coefficient (Wildman–Crippen LogP) is 3.70. The first-order valence-electron chi connectivity index (χ1n) is 7.10. The van der Waals surface area contributed by atoms with Crippen molar-refractivity contribution in [3.05, 3.63) is 35.1 Å². The van der Waals surface area contributed by atoms with Crippen LogP contribution >= 0.6 is 0 Å². The minimum absolute atomic E-state index is 0.106. The van der Waals surface area contributed by atoms with Crippen molar-refractivity contribution in [2.45, 2.75) is 39.0 Å². The van der Waals surface area contributed by atoms with Gasteiger partial charge in [0.15, 0.2) is 0 Å². The van der Waals surface area contributed by atoms with Crippen LogP contribution in [0.3, 0.4) is 0 Å². The Morgan fingerprint density at radius 1 is 1.33 bits per heavy atom. The molecule has 0 aliphatic heterocycles. The summed E-state index contributed by atoms with van der Waals surface area (Å²) in [4.78, 5) is 0. The standard InChI is InChI=1S/C16H24FN/c1-12-7-8-16(17)10-14(12)9-15(11-18-2)13-5-3-4-6-13/h7-8,10,13,15,18H,3-6,9,11H2,1-2H3. The van der Waals surface area contributed by atoms with Crippen LogP contribution in [0, 0.1) is 24.6 Å². The summed E-state index contributed by atoms with van der Waals surface area (Å²) >= 11 is 0. The zero-order chi connectivity index (χ0) is 13.0. The molecule has 100 valence electrons. The fraction of sp³-hybridized carbons (Fsp3) is 0.625. The lowest BCUT2D eigenvalue weighted by Gasteiger charge is -2.24. The first-order chi connectivity index (χ1) is 8.70. The number of aryl methyl sites for hydroxylation is 1. The van der Waals surface area contributed by atoms with Gasteiger partial charge in [0.05, 0.1) is 0 Å². The Hall–Kier alpha value is -0.890. The first kappa shape index (κ1) is 13.5. The monoisotopic (exact) mass is 249 g/mol. The summed E-state index contributed by atoms with van der Waals surface area (Å²) in [5.41, 5.74) is 2.40. The molecular formula is C16H24FN. The van der Waals surface area contributed by atoms with Crippen molar-refractivity contribution in [2.75, 3.05) is 13.6 Å². The summed E-state index contributed by atoms with van der Waals surface area (Å²) in [5, 5.41) is 3.31. The van der Waals surface area contributed by atoms with E-state index in [1.54, 1.807) is 12.1 Å². The van der Waals surface area contributed by atoms with E-state index < -0.39 is 0 Å². The quantitative estimate of drug-likeness (QED) is 0.839. The smallest absolute Gasteiger partial charge is 0.123 e. The number of nitrogens with one attached hydrogen (secondary N) is 1. The molecule has 2 rings (SSSR count). The molecule has 0 amide bonds. The predicted molar refractivity (Wildman–Crippen MR) is 74.2 cm³/mol. The Labute approximate surface area is 110 Å². The van der Waals surface area contributed by atoms with Crippen LogP contribution in [0.25, 0.3) is 0 Å². The second-order valence-electron chi connectivity index (χ2n) is 5.64. The van der Waals surface area contributed by atoms with E-state index in [9.17, 15) is 4.39 Å². The fourth-order valence-corrected chi connectivity index (χ4v) is 3.24. The van der Waals surface area contributed by atoms with E-state index in [4.69, 9.17) is 0 Å². The van der Waals surface area contributed by atoms with Crippen LogP contribution in [0.1, 0.15) is 36.8 Å². The Kier molecular flexibility index (Phi) is 4.76. The minimum atomic E-state index is -0.106. The van der Waals surface area contributed by atoms with E-state index in [-0.39, 0.29) is 5.82 Å². The zero-order valence-electron chi connectivity index (χ0n) is 11.5. The third-order valence-electron chi connectivity index (χ3n) is 4.33. The molecule has 1 aromatic rings. The fourth-order valence-electron chi connectivity index (χ4n) is 3.24. The molecule has 1 nitrogen and oxygen atoms in total. The number of hydrogen-bond donors (Lipinski definition) is 1. The molecule has 0 bridgehead atoms. The lowest BCUT2D eigenvalue weighted by molar-refractivity contribution is 0.327. The molecule has 1 aromatic carbocycles. The van der Waals surface area contributed by atoms with Gasteiger partial charge in [-0.05, 0) is 62.0 Å². The molecule has 0 radical (unpaired) electrons. The highest BCUT2D eigenvalue weighted by Crippen LogP contribution is 2.33. The average molecular weight is 249 g/mol. The van der Waals surface area contributed by atoms with E-state index in [1.165, 1.54) is 36.8 Å². The van der Waals surface area contributed by atoms with Gasteiger partial charge in [0.1, 0.15) is 5.82 Å². The van der Waals surface area contributed by atoms with Crippen molar-refractivity contribution >= 4 is 0 Å². The first-order valence-corrected chi connectivity index (χ1v) is 7.10. The molecule has 0 saturated heterocycles. The molecule has 1 fully saturated rings. The maximum absolute atomic E-state index is 13.3. The third kappa shape index (κ3) is 3.32. The molecule has 0 aromatic heterocycles. The summed E-state index contributed by atoms with van der Waals surface area (Å²) in [7, 11) is 2.01. The van der Waals surface area contributed by atoms with Gasteiger partial charge in [0.25, 0.3) is 0 Å². The topological polar surface area (TPSA) is 12.0 Å². The van der Waals surface area contributed by atoms with Gasteiger partial charge in [-0.2, -0.15) is 0 Å². The van der Waals surface area contributed by atoms with Crippen LogP contribution in [0.4, 0.5) is 4.39 Å². The van der Waals surface area contributed by atoms with Crippen LogP contribution in [-0.4, -0.2) is 13.6 Å². The molecule has 1 N–H and O–H groups in total. The van der Waals surface area contributed by atoms with Gasteiger partial charge in [0.2, 0.25) is 0 Å². The number of benzene rings is 1. The van der Waals surface area contributed by atoms with E-state index in [2.05, 4.69) is 12.2 Å². The van der Waals surface area contributed by atoms with Gasteiger partial charge >= 0.3 is 0 Å². The van der Waals surface area contributed by atoms with Gasteiger partial charge in [-0.3, -0.25) is 0 Å². The average Bonchev–Trinajstić information content (AvgIpc) is 2.87. The van der Waals surface area contributed by atoms with E-state index in [0.29, 0.717) is 5.92 Å². The van der Waals surface area contributed by atoms with E-state index in [0.717, 1.165) is 18.9 Å². The van der Waals surface area contributed by atoms with Crippen LogP contribution in [0.2, 0.25) is 0 Å². The molecule has 2 heteroatoms. The molecule has 1 unspecified atom stereocenters.